The minimum Gasteiger partial charge on any atom is -0.381 e. The van der Waals surface area contributed by atoms with Crippen molar-refractivity contribution < 1.29 is 14.3 Å². The molecule has 0 spiro atoms. The lowest BCUT2D eigenvalue weighted by atomic mass is 10.1. The predicted molar refractivity (Wildman–Crippen MR) is 83.8 cm³/mol. The second-order valence-corrected chi connectivity index (χ2v) is 6.05. The Labute approximate surface area is 139 Å². The third kappa shape index (κ3) is 3.02. The van der Waals surface area contributed by atoms with Gasteiger partial charge in [0.05, 0.1) is 37.5 Å². The summed E-state index contributed by atoms with van der Waals surface area (Å²) in [6.07, 6.45) is 4.18. The number of amides is 1. The topological polar surface area (TPSA) is 91.2 Å². The quantitative estimate of drug-likeness (QED) is 0.873. The van der Waals surface area contributed by atoms with Crippen molar-refractivity contribution in [3.05, 3.63) is 30.2 Å². The highest BCUT2D eigenvalue weighted by atomic mass is 16.5. The van der Waals surface area contributed by atoms with Crippen LogP contribution in [0.4, 0.5) is 0 Å². The Hall–Kier alpha value is -2.32. The highest BCUT2D eigenvalue weighted by Crippen LogP contribution is 2.24. The van der Waals surface area contributed by atoms with Crippen molar-refractivity contribution in [2.24, 2.45) is 5.92 Å². The first-order valence-corrected chi connectivity index (χ1v) is 8.11. The molecule has 1 saturated heterocycles. The molecule has 0 radical (unpaired) electrons. The van der Waals surface area contributed by atoms with Crippen LogP contribution in [0.25, 0.3) is 11.3 Å². The van der Waals surface area contributed by atoms with Crippen molar-refractivity contribution in [3.8, 4) is 11.3 Å². The molecule has 1 amide bonds. The van der Waals surface area contributed by atoms with E-state index in [4.69, 9.17) is 9.47 Å². The molecular formula is C16H19N5O3. The van der Waals surface area contributed by atoms with Crippen molar-refractivity contribution >= 4 is 5.91 Å². The van der Waals surface area contributed by atoms with E-state index in [-0.39, 0.29) is 17.9 Å². The highest BCUT2D eigenvalue weighted by molar-refractivity contribution is 5.79. The first kappa shape index (κ1) is 15.2. The van der Waals surface area contributed by atoms with Crippen LogP contribution in [0.2, 0.25) is 0 Å². The molecule has 2 aromatic rings. The number of fused-ring (bicyclic) bond motifs is 1. The zero-order chi connectivity index (χ0) is 16.4. The Balaban J connectivity index is 1.38. The molecule has 0 aliphatic carbocycles. The van der Waals surface area contributed by atoms with E-state index in [1.165, 1.54) is 0 Å². The molecule has 0 unspecified atom stereocenters. The van der Waals surface area contributed by atoms with Crippen molar-refractivity contribution in [1.82, 2.24) is 25.3 Å². The maximum atomic E-state index is 12.0. The van der Waals surface area contributed by atoms with Gasteiger partial charge in [-0.2, -0.15) is 0 Å². The Kier molecular flexibility index (Phi) is 4.22. The summed E-state index contributed by atoms with van der Waals surface area (Å²) in [6, 6.07) is 3.82. The fourth-order valence-electron chi connectivity index (χ4n) is 3.02. The van der Waals surface area contributed by atoms with Crippen LogP contribution in [-0.4, -0.2) is 51.7 Å². The Bertz CT molecular complexity index is 712. The fraction of sp³-hybridized carbons (Fsp3) is 0.500. The van der Waals surface area contributed by atoms with E-state index in [1.807, 2.05) is 16.8 Å². The molecule has 8 nitrogen and oxygen atoms in total. The molecule has 8 heteroatoms. The summed E-state index contributed by atoms with van der Waals surface area (Å²) < 4.78 is 13.0. The molecule has 0 saturated carbocycles. The molecule has 0 aromatic carbocycles. The highest BCUT2D eigenvalue weighted by Gasteiger charge is 2.27. The summed E-state index contributed by atoms with van der Waals surface area (Å²) in [5.74, 6) is 0.00393. The molecule has 4 heterocycles. The number of aromatic nitrogens is 4. The van der Waals surface area contributed by atoms with Crippen molar-refractivity contribution in [2.45, 2.75) is 25.7 Å². The standard InChI is InChI=1S/C16H19N5O3/c22-16(12-3-5-23-9-12)18-7-13-8-21-14(10-24-13)15(19-20-21)11-2-1-4-17-6-11/h1-2,4,6,12-13H,3,5,7-10H2,(H,18,22)/t12-,13+/m0/s1. The van der Waals surface area contributed by atoms with E-state index >= 15 is 0 Å². The van der Waals surface area contributed by atoms with Gasteiger partial charge < -0.3 is 14.8 Å². The average Bonchev–Trinajstić information content (AvgIpc) is 3.30. The monoisotopic (exact) mass is 329 g/mol. The third-order valence-corrected chi connectivity index (χ3v) is 4.41. The van der Waals surface area contributed by atoms with Gasteiger partial charge in [0.2, 0.25) is 5.91 Å². The lowest BCUT2D eigenvalue weighted by molar-refractivity contribution is -0.126. The maximum absolute atomic E-state index is 12.0. The van der Waals surface area contributed by atoms with Gasteiger partial charge in [0.1, 0.15) is 5.69 Å². The zero-order valence-corrected chi connectivity index (χ0v) is 13.2. The van der Waals surface area contributed by atoms with E-state index in [9.17, 15) is 4.79 Å². The molecule has 2 aliphatic rings. The Morgan fingerprint density at radius 3 is 3.21 bits per heavy atom. The first-order chi connectivity index (χ1) is 11.8. The normalized spacial score (nSPS) is 23.0. The lowest BCUT2D eigenvalue weighted by Crippen LogP contribution is -2.41. The molecule has 24 heavy (non-hydrogen) atoms. The van der Waals surface area contributed by atoms with Crippen molar-refractivity contribution in [2.75, 3.05) is 19.8 Å². The minimum absolute atomic E-state index is 0.0345. The van der Waals surface area contributed by atoms with E-state index in [2.05, 4.69) is 20.6 Å². The van der Waals surface area contributed by atoms with E-state index < -0.39 is 0 Å². The molecule has 2 aliphatic heterocycles. The first-order valence-electron chi connectivity index (χ1n) is 8.11. The number of ether oxygens (including phenoxy) is 2. The van der Waals surface area contributed by atoms with Gasteiger partial charge in [0.25, 0.3) is 0 Å². The molecule has 126 valence electrons. The molecule has 1 N–H and O–H groups in total. The van der Waals surface area contributed by atoms with Gasteiger partial charge in [-0.05, 0) is 18.6 Å². The van der Waals surface area contributed by atoms with Gasteiger partial charge in [-0.3, -0.25) is 9.78 Å². The van der Waals surface area contributed by atoms with E-state index in [1.54, 1.807) is 12.4 Å². The summed E-state index contributed by atoms with van der Waals surface area (Å²) in [6.45, 7) is 2.64. The predicted octanol–water partition coefficient (Wildman–Crippen LogP) is 0.392. The molecule has 4 rings (SSSR count). The van der Waals surface area contributed by atoms with Crippen LogP contribution in [0.3, 0.4) is 0 Å². The lowest BCUT2D eigenvalue weighted by Gasteiger charge is -2.24. The minimum atomic E-state index is -0.104. The fourth-order valence-corrected chi connectivity index (χ4v) is 3.02. The van der Waals surface area contributed by atoms with Gasteiger partial charge in [0.15, 0.2) is 0 Å². The van der Waals surface area contributed by atoms with Gasteiger partial charge in [0, 0.05) is 31.1 Å². The van der Waals surface area contributed by atoms with Crippen LogP contribution in [0.1, 0.15) is 12.1 Å². The number of rotatable bonds is 4. The van der Waals surface area contributed by atoms with Gasteiger partial charge in [-0.1, -0.05) is 5.21 Å². The largest absolute Gasteiger partial charge is 0.381 e. The van der Waals surface area contributed by atoms with Crippen LogP contribution in [0.15, 0.2) is 24.5 Å². The summed E-state index contributed by atoms with van der Waals surface area (Å²) >= 11 is 0. The van der Waals surface area contributed by atoms with E-state index in [0.717, 1.165) is 23.4 Å². The SMILES string of the molecule is O=C(NC[C@@H]1Cn2nnc(-c3cccnc3)c2CO1)[C@H]1CCOC1. The second kappa shape index (κ2) is 6.66. The molecule has 0 bridgehead atoms. The van der Waals surface area contributed by atoms with E-state index in [0.29, 0.717) is 32.9 Å². The summed E-state index contributed by atoms with van der Waals surface area (Å²) in [5.41, 5.74) is 2.67. The third-order valence-electron chi connectivity index (χ3n) is 4.41. The molecule has 1 fully saturated rings. The molecule has 2 aromatic heterocycles. The number of nitrogens with one attached hydrogen (secondary N) is 1. The zero-order valence-electron chi connectivity index (χ0n) is 13.2. The number of hydrogen-bond acceptors (Lipinski definition) is 6. The second-order valence-electron chi connectivity index (χ2n) is 6.05. The number of pyridine rings is 1. The van der Waals surface area contributed by atoms with Crippen LogP contribution in [-0.2, 0) is 27.4 Å². The average molecular weight is 329 g/mol. The molecule has 2 atom stereocenters. The van der Waals surface area contributed by atoms with Crippen LogP contribution in [0.5, 0.6) is 0 Å². The number of carbonyl (C=O) groups is 1. The van der Waals surface area contributed by atoms with Gasteiger partial charge in [-0.15, -0.1) is 5.10 Å². The number of hydrogen-bond donors (Lipinski definition) is 1. The summed E-state index contributed by atoms with van der Waals surface area (Å²) in [7, 11) is 0. The van der Waals surface area contributed by atoms with Crippen molar-refractivity contribution in [3.63, 3.8) is 0 Å². The van der Waals surface area contributed by atoms with Crippen LogP contribution < -0.4 is 5.32 Å². The Morgan fingerprint density at radius 2 is 2.42 bits per heavy atom. The van der Waals surface area contributed by atoms with Crippen LogP contribution >= 0.6 is 0 Å². The summed E-state index contributed by atoms with van der Waals surface area (Å²) in [4.78, 5) is 16.1. The maximum Gasteiger partial charge on any atom is 0.225 e. The van der Waals surface area contributed by atoms with Crippen molar-refractivity contribution in [1.29, 1.82) is 0 Å². The smallest absolute Gasteiger partial charge is 0.225 e. The number of nitrogens with zero attached hydrogens (tertiary/aromatic N) is 4. The van der Waals surface area contributed by atoms with Crippen LogP contribution in [0, 0.1) is 5.92 Å². The van der Waals surface area contributed by atoms with Gasteiger partial charge >= 0.3 is 0 Å². The molecular weight excluding hydrogens is 310 g/mol. The Morgan fingerprint density at radius 1 is 1.46 bits per heavy atom. The van der Waals surface area contributed by atoms with Gasteiger partial charge in [-0.25, -0.2) is 4.68 Å². The summed E-state index contributed by atoms with van der Waals surface area (Å²) in [5, 5.41) is 11.4. The number of carbonyl (C=O) groups excluding carboxylic acids is 1.